The fourth-order valence-electron chi connectivity index (χ4n) is 3.35. The van der Waals surface area contributed by atoms with Crippen molar-refractivity contribution < 1.29 is 9.53 Å². The predicted octanol–water partition coefficient (Wildman–Crippen LogP) is 4.41. The number of hydrogen-bond acceptors (Lipinski definition) is 5. The predicted molar refractivity (Wildman–Crippen MR) is 122 cm³/mol. The van der Waals surface area contributed by atoms with Crippen molar-refractivity contribution >= 4 is 40.3 Å². The Bertz CT molecular complexity index is 903. The number of para-hydroxylation sites is 1. The van der Waals surface area contributed by atoms with Crippen molar-refractivity contribution in [2.45, 2.75) is 13.3 Å². The molecule has 2 aromatic rings. The van der Waals surface area contributed by atoms with Gasteiger partial charge >= 0.3 is 0 Å². The first-order valence-corrected chi connectivity index (χ1v) is 11.0. The second kappa shape index (κ2) is 9.29. The fourth-order valence-corrected chi connectivity index (χ4v) is 4.22. The molecule has 0 radical (unpaired) electrons. The van der Waals surface area contributed by atoms with E-state index in [-0.39, 0.29) is 5.91 Å². The van der Waals surface area contributed by atoms with Crippen LogP contribution >= 0.6 is 11.8 Å². The summed E-state index contributed by atoms with van der Waals surface area (Å²) in [5.41, 5.74) is 3.49. The maximum Gasteiger partial charge on any atom is 0.283 e. The number of ether oxygens (including phenoxy) is 1. The number of carbonyl (C=O) groups excluding carboxylic acids is 1. The van der Waals surface area contributed by atoms with Crippen molar-refractivity contribution in [1.82, 2.24) is 0 Å². The van der Waals surface area contributed by atoms with E-state index in [2.05, 4.69) is 28.9 Å². The third-order valence-electron chi connectivity index (χ3n) is 4.85. The molecule has 29 heavy (non-hydrogen) atoms. The summed E-state index contributed by atoms with van der Waals surface area (Å²) >= 11 is 1.62. The fraction of sp³-hybridized carbons (Fsp3) is 0.304. The second-order valence-electron chi connectivity index (χ2n) is 6.94. The van der Waals surface area contributed by atoms with Gasteiger partial charge in [-0.2, -0.15) is 0 Å². The molecular weight excluding hydrogens is 382 g/mol. The third-order valence-corrected chi connectivity index (χ3v) is 6.00. The zero-order valence-electron chi connectivity index (χ0n) is 16.6. The van der Waals surface area contributed by atoms with Gasteiger partial charge in [-0.25, -0.2) is 4.99 Å². The number of anilines is 2. The Kier molecular flexibility index (Phi) is 6.32. The average Bonchev–Trinajstić information content (AvgIpc) is 3.09. The molecule has 1 saturated heterocycles. The number of hydrogen-bond donors (Lipinski definition) is 0. The summed E-state index contributed by atoms with van der Waals surface area (Å²) in [6.07, 6.45) is 2.91. The Morgan fingerprint density at radius 3 is 2.45 bits per heavy atom. The Labute approximate surface area is 176 Å². The number of amides is 1. The zero-order chi connectivity index (χ0) is 20.1. The van der Waals surface area contributed by atoms with Gasteiger partial charge in [0.25, 0.3) is 5.91 Å². The van der Waals surface area contributed by atoms with Gasteiger partial charge in [0.1, 0.15) is 5.70 Å². The van der Waals surface area contributed by atoms with Gasteiger partial charge in [-0.1, -0.05) is 49.0 Å². The molecule has 0 bridgehead atoms. The van der Waals surface area contributed by atoms with Crippen LogP contribution in [-0.4, -0.2) is 43.1 Å². The van der Waals surface area contributed by atoms with Crippen LogP contribution < -0.4 is 9.80 Å². The summed E-state index contributed by atoms with van der Waals surface area (Å²) < 4.78 is 5.42. The molecule has 0 atom stereocenters. The van der Waals surface area contributed by atoms with Crippen LogP contribution in [-0.2, 0) is 9.53 Å². The molecular formula is C23H25N3O2S. The van der Waals surface area contributed by atoms with Crippen LogP contribution in [0.3, 0.4) is 0 Å². The highest BCUT2D eigenvalue weighted by Crippen LogP contribution is 2.29. The number of carbonyl (C=O) groups is 1. The summed E-state index contributed by atoms with van der Waals surface area (Å²) in [6.45, 7) is 5.48. The molecule has 1 amide bonds. The maximum atomic E-state index is 13.1. The van der Waals surface area contributed by atoms with Gasteiger partial charge in [0.05, 0.1) is 18.9 Å². The van der Waals surface area contributed by atoms with Crippen molar-refractivity contribution in [2.24, 2.45) is 4.99 Å². The average molecular weight is 408 g/mol. The minimum atomic E-state index is -0.0768. The van der Waals surface area contributed by atoms with Crippen molar-refractivity contribution in [3.63, 3.8) is 0 Å². The molecule has 2 aliphatic rings. The SMILES string of the molecule is CCCSC1=N/C(=C/c2ccc(N3CCOCC3)cc2)C(=O)N1c1ccccc1. The normalized spacial score (nSPS) is 18.4. The van der Waals surface area contributed by atoms with E-state index in [1.54, 1.807) is 16.7 Å². The van der Waals surface area contributed by atoms with Crippen LogP contribution in [0.5, 0.6) is 0 Å². The summed E-state index contributed by atoms with van der Waals surface area (Å²) in [5, 5.41) is 0.749. The van der Waals surface area contributed by atoms with Gasteiger partial charge in [-0.05, 0) is 42.3 Å². The van der Waals surface area contributed by atoms with E-state index in [1.807, 2.05) is 48.5 Å². The Morgan fingerprint density at radius 1 is 1.03 bits per heavy atom. The minimum Gasteiger partial charge on any atom is -0.378 e. The van der Waals surface area contributed by atoms with Gasteiger partial charge in [-0.3, -0.25) is 9.69 Å². The topological polar surface area (TPSA) is 45.1 Å². The molecule has 5 nitrogen and oxygen atoms in total. The first-order valence-electron chi connectivity index (χ1n) is 10.0. The van der Waals surface area contributed by atoms with Crippen LogP contribution in [0, 0.1) is 0 Å². The smallest absolute Gasteiger partial charge is 0.283 e. The lowest BCUT2D eigenvalue weighted by atomic mass is 10.1. The monoisotopic (exact) mass is 407 g/mol. The molecule has 2 aromatic carbocycles. The molecule has 0 saturated carbocycles. The van der Waals surface area contributed by atoms with Crippen molar-refractivity contribution in [1.29, 1.82) is 0 Å². The number of aliphatic imine (C=N–C) groups is 1. The first-order chi connectivity index (χ1) is 14.3. The zero-order valence-corrected chi connectivity index (χ0v) is 17.4. The number of amidine groups is 1. The minimum absolute atomic E-state index is 0.0768. The highest BCUT2D eigenvalue weighted by molar-refractivity contribution is 8.14. The lowest BCUT2D eigenvalue weighted by Crippen LogP contribution is -2.36. The van der Waals surface area contributed by atoms with Crippen molar-refractivity contribution in [3.05, 3.63) is 65.9 Å². The molecule has 1 fully saturated rings. The highest BCUT2D eigenvalue weighted by atomic mass is 32.2. The number of benzene rings is 2. The van der Waals surface area contributed by atoms with E-state index in [0.717, 1.165) is 54.9 Å². The van der Waals surface area contributed by atoms with Crippen LogP contribution in [0.25, 0.3) is 6.08 Å². The van der Waals surface area contributed by atoms with Crippen LogP contribution in [0.15, 0.2) is 65.3 Å². The van der Waals surface area contributed by atoms with Crippen LogP contribution in [0.4, 0.5) is 11.4 Å². The molecule has 2 heterocycles. The molecule has 2 aliphatic heterocycles. The summed E-state index contributed by atoms with van der Waals surface area (Å²) in [6, 6.07) is 18.0. The summed E-state index contributed by atoms with van der Waals surface area (Å²) in [5.74, 6) is 0.851. The maximum absolute atomic E-state index is 13.1. The van der Waals surface area contributed by atoms with Crippen molar-refractivity contribution in [3.8, 4) is 0 Å². The molecule has 0 unspecified atom stereocenters. The number of morpholine rings is 1. The van der Waals surface area contributed by atoms with Crippen molar-refractivity contribution in [2.75, 3.05) is 41.9 Å². The summed E-state index contributed by atoms with van der Waals surface area (Å²) in [7, 11) is 0. The lowest BCUT2D eigenvalue weighted by Gasteiger charge is -2.28. The van der Waals surface area contributed by atoms with Gasteiger partial charge in [-0.15, -0.1) is 0 Å². The molecule has 150 valence electrons. The van der Waals surface area contributed by atoms with E-state index in [9.17, 15) is 4.79 Å². The first kappa shape index (κ1) is 19.7. The van der Waals surface area contributed by atoms with Gasteiger partial charge < -0.3 is 9.64 Å². The van der Waals surface area contributed by atoms with Gasteiger partial charge in [0.2, 0.25) is 0 Å². The van der Waals surface area contributed by atoms with E-state index < -0.39 is 0 Å². The molecule has 0 N–H and O–H groups in total. The van der Waals surface area contributed by atoms with Crippen LogP contribution in [0.1, 0.15) is 18.9 Å². The molecule has 6 heteroatoms. The molecule has 0 aliphatic carbocycles. The van der Waals surface area contributed by atoms with Gasteiger partial charge in [0, 0.05) is 24.5 Å². The van der Waals surface area contributed by atoms with Gasteiger partial charge in [0.15, 0.2) is 5.17 Å². The number of rotatable bonds is 5. The standard InChI is InChI=1S/C23H25N3O2S/c1-2-16-29-23-24-21(22(27)26(23)20-6-4-3-5-7-20)17-18-8-10-19(11-9-18)25-12-14-28-15-13-25/h3-11,17H,2,12-16H2,1H3/b21-17+. The quantitative estimate of drug-likeness (QED) is 0.689. The number of nitrogens with zero attached hydrogens (tertiary/aromatic N) is 3. The lowest BCUT2D eigenvalue weighted by molar-refractivity contribution is -0.113. The third kappa shape index (κ3) is 4.54. The molecule has 4 rings (SSSR count). The van der Waals surface area contributed by atoms with E-state index in [1.165, 1.54) is 5.69 Å². The molecule has 0 aromatic heterocycles. The Hall–Kier alpha value is -2.57. The number of thioether (sulfide) groups is 1. The second-order valence-corrected chi connectivity index (χ2v) is 8.00. The molecule has 0 spiro atoms. The van der Waals surface area contributed by atoms with E-state index in [4.69, 9.17) is 4.74 Å². The largest absolute Gasteiger partial charge is 0.378 e. The summed E-state index contributed by atoms with van der Waals surface area (Å²) in [4.78, 5) is 21.8. The van der Waals surface area contributed by atoms with E-state index in [0.29, 0.717) is 5.70 Å². The van der Waals surface area contributed by atoms with E-state index >= 15 is 0 Å². The Balaban J connectivity index is 1.57. The van der Waals surface area contributed by atoms with Crippen LogP contribution in [0.2, 0.25) is 0 Å². The Morgan fingerprint density at radius 2 is 1.76 bits per heavy atom. The highest BCUT2D eigenvalue weighted by Gasteiger charge is 2.31.